The van der Waals surface area contributed by atoms with Crippen molar-refractivity contribution in [3.05, 3.63) is 6.07 Å². The molecule has 2 aliphatic heterocycles. The Hall–Kier alpha value is -2.05. The Bertz CT molecular complexity index is 648. The molecular formula is C17H25N5O2. The number of piperidine rings is 2. The van der Waals surface area contributed by atoms with E-state index in [-0.39, 0.29) is 11.4 Å². The predicted octanol–water partition coefficient (Wildman–Crippen LogP) is 1.44. The minimum absolute atomic E-state index is 0.182. The molecule has 2 N–H and O–H groups in total. The van der Waals surface area contributed by atoms with Gasteiger partial charge in [0.15, 0.2) is 0 Å². The van der Waals surface area contributed by atoms with Gasteiger partial charge < -0.3 is 20.3 Å². The van der Waals surface area contributed by atoms with Gasteiger partial charge in [-0.05, 0) is 32.1 Å². The van der Waals surface area contributed by atoms with E-state index in [2.05, 4.69) is 19.8 Å². The number of nitrogen functional groups attached to an aromatic ring is 1. The summed E-state index contributed by atoms with van der Waals surface area (Å²) in [5.74, 6) is 1.90. The fourth-order valence-electron chi connectivity index (χ4n) is 4.20. The summed E-state index contributed by atoms with van der Waals surface area (Å²) in [6, 6.07) is 2.35. The highest BCUT2D eigenvalue weighted by Gasteiger charge is 2.45. The van der Waals surface area contributed by atoms with Crippen molar-refractivity contribution >= 4 is 17.7 Å². The van der Waals surface area contributed by atoms with Crippen LogP contribution >= 0.6 is 0 Å². The Kier molecular flexibility index (Phi) is 3.73. The van der Waals surface area contributed by atoms with Crippen LogP contribution in [0.4, 0.5) is 11.8 Å². The van der Waals surface area contributed by atoms with Gasteiger partial charge in [-0.15, -0.1) is 0 Å². The molecule has 1 aromatic rings. The molecule has 130 valence electrons. The molecule has 2 saturated heterocycles. The average Bonchev–Trinajstić information content (AvgIpc) is 3.42. The number of carbonyl (C=O) groups is 1. The number of methoxy groups -OCH3 is 1. The van der Waals surface area contributed by atoms with Crippen LogP contribution in [0.3, 0.4) is 0 Å². The maximum Gasteiger partial charge on any atom is 0.225 e. The first-order valence-corrected chi connectivity index (χ1v) is 8.82. The zero-order valence-corrected chi connectivity index (χ0v) is 14.2. The molecule has 0 bridgehead atoms. The number of likely N-dealkylation sites (tertiary alicyclic amines) is 1. The summed E-state index contributed by atoms with van der Waals surface area (Å²) >= 11 is 0. The first-order chi connectivity index (χ1) is 11.6. The number of nitrogens with two attached hydrogens (primary N) is 1. The second-order valence-electron chi connectivity index (χ2n) is 7.40. The number of hydrogen-bond donors (Lipinski definition) is 1. The minimum atomic E-state index is 0.182. The molecule has 1 spiro atoms. The maximum atomic E-state index is 12.2. The van der Waals surface area contributed by atoms with Gasteiger partial charge in [0.05, 0.1) is 7.11 Å². The Morgan fingerprint density at radius 1 is 1.29 bits per heavy atom. The standard InChI is InChI=1S/C17H25N5O2/c1-24-14-9-13(19-16(18)20-14)21-8-2-6-17(10-21)7-5-15(23)22(11-17)12-3-4-12/h9,12H,2-8,10-11H2,1H3,(H2,18,19,20)/t17-/m1/s1. The largest absolute Gasteiger partial charge is 0.481 e. The number of aromatic nitrogens is 2. The van der Waals surface area contributed by atoms with Crippen molar-refractivity contribution in [2.45, 2.75) is 44.6 Å². The normalized spacial score (nSPS) is 27.6. The average molecular weight is 331 g/mol. The molecule has 4 rings (SSSR count). The Morgan fingerprint density at radius 3 is 2.88 bits per heavy atom. The topological polar surface area (TPSA) is 84.6 Å². The van der Waals surface area contributed by atoms with Crippen LogP contribution in [0.15, 0.2) is 6.07 Å². The molecular weight excluding hydrogens is 306 g/mol. The molecule has 1 atom stereocenters. The van der Waals surface area contributed by atoms with E-state index in [1.54, 1.807) is 7.11 Å². The van der Waals surface area contributed by atoms with Crippen molar-refractivity contribution in [3.8, 4) is 5.88 Å². The van der Waals surface area contributed by atoms with E-state index >= 15 is 0 Å². The predicted molar refractivity (Wildman–Crippen MR) is 90.8 cm³/mol. The summed E-state index contributed by atoms with van der Waals surface area (Å²) in [5, 5.41) is 0. The third kappa shape index (κ3) is 2.87. The van der Waals surface area contributed by atoms with Crippen molar-refractivity contribution < 1.29 is 9.53 Å². The third-order valence-electron chi connectivity index (χ3n) is 5.58. The molecule has 0 radical (unpaired) electrons. The molecule has 3 heterocycles. The third-order valence-corrected chi connectivity index (χ3v) is 5.58. The van der Waals surface area contributed by atoms with Crippen LogP contribution in [0.5, 0.6) is 5.88 Å². The number of ether oxygens (including phenoxy) is 1. The van der Waals surface area contributed by atoms with E-state index in [0.717, 1.165) is 38.3 Å². The maximum absolute atomic E-state index is 12.2. The second-order valence-corrected chi connectivity index (χ2v) is 7.40. The van der Waals surface area contributed by atoms with Gasteiger partial charge in [0.2, 0.25) is 17.7 Å². The summed E-state index contributed by atoms with van der Waals surface area (Å²) in [4.78, 5) is 25.1. The fraction of sp³-hybridized carbons (Fsp3) is 0.706. The van der Waals surface area contributed by atoms with Gasteiger partial charge in [0, 0.05) is 43.6 Å². The molecule has 3 aliphatic rings. The van der Waals surface area contributed by atoms with Crippen LogP contribution in [0.25, 0.3) is 0 Å². The van der Waals surface area contributed by atoms with E-state index in [0.29, 0.717) is 24.2 Å². The van der Waals surface area contributed by atoms with Gasteiger partial charge in [0.1, 0.15) is 5.82 Å². The van der Waals surface area contributed by atoms with E-state index in [9.17, 15) is 4.79 Å². The molecule has 1 amide bonds. The van der Waals surface area contributed by atoms with E-state index in [1.165, 1.54) is 19.3 Å². The summed E-state index contributed by atoms with van der Waals surface area (Å²) in [7, 11) is 1.59. The Morgan fingerprint density at radius 2 is 2.12 bits per heavy atom. The van der Waals surface area contributed by atoms with Crippen LogP contribution in [0.2, 0.25) is 0 Å². The van der Waals surface area contributed by atoms with Gasteiger partial charge in [-0.3, -0.25) is 4.79 Å². The monoisotopic (exact) mass is 331 g/mol. The molecule has 3 fully saturated rings. The summed E-state index contributed by atoms with van der Waals surface area (Å²) in [6.07, 6.45) is 6.29. The van der Waals surface area contributed by atoms with Crippen LogP contribution in [0.1, 0.15) is 38.5 Å². The number of carbonyl (C=O) groups excluding carboxylic acids is 1. The minimum Gasteiger partial charge on any atom is -0.481 e. The second kappa shape index (κ2) is 5.79. The van der Waals surface area contributed by atoms with Crippen molar-refractivity contribution in [2.75, 3.05) is 37.4 Å². The number of nitrogens with zero attached hydrogens (tertiary/aromatic N) is 4. The number of anilines is 2. The van der Waals surface area contributed by atoms with E-state index in [1.807, 2.05) is 6.07 Å². The van der Waals surface area contributed by atoms with Crippen molar-refractivity contribution in [3.63, 3.8) is 0 Å². The molecule has 0 unspecified atom stereocenters. The smallest absolute Gasteiger partial charge is 0.225 e. The number of hydrogen-bond acceptors (Lipinski definition) is 6. The molecule has 1 saturated carbocycles. The lowest BCUT2D eigenvalue weighted by Crippen LogP contribution is -2.54. The molecule has 1 aliphatic carbocycles. The van der Waals surface area contributed by atoms with Crippen molar-refractivity contribution in [1.29, 1.82) is 0 Å². The first kappa shape index (κ1) is 15.5. The van der Waals surface area contributed by atoms with Gasteiger partial charge in [-0.1, -0.05) is 0 Å². The number of rotatable bonds is 3. The van der Waals surface area contributed by atoms with E-state index < -0.39 is 0 Å². The molecule has 7 nitrogen and oxygen atoms in total. The zero-order valence-electron chi connectivity index (χ0n) is 14.2. The summed E-state index contributed by atoms with van der Waals surface area (Å²) in [5.41, 5.74) is 6.00. The highest BCUT2D eigenvalue weighted by molar-refractivity contribution is 5.78. The van der Waals surface area contributed by atoms with Crippen molar-refractivity contribution in [1.82, 2.24) is 14.9 Å². The van der Waals surface area contributed by atoms with Crippen LogP contribution < -0.4 is 15.4 Å². The lowest BCUT2D eigenvalue weighted by molar-refractivity contribution is -0.138. The lowest BCUT2D eigenvalue weighted by Gasteiger charge is -2.48. The zero-order chi connectivity index (χ0) is 16.7. The highest BCUT2D eigenvalue weighted by Crippen LogP contribution is 2.43. The van der Waals surface area contributed by atoms with E-state index in [4.69, 9.17) is 10.5 Å². The van der Waals surface area contributed by atoms with Crippen LogP contribution in [-0.4, -0.2) is 53.6 Å². The highest BCUT2D eigenvalue weighted by atomic mass is 16.5. The van der Waals surface area contributed by atoms with Crippen LogP contribution in [-0.2, 0) is 4.79 Å². The summed E-state index contributed by atoms with van der Waals surface area (Å²) < 4.78 is 5.22. The number of amides is 1. The molecule has 1 aromatic heterocycles. The summed E-state index contributed by atoms with van der Waals surface area (Å²) in [6.45, 7) is 2.77. The Balaban J connectivity index is 1.55. The van der Waals surface area contributed by atoms with Gasteiger partial charge in [-0.2, -0.15) is 9.97 Å². The fourth-order valence-corrected chi connectivity index (χ4v) is 4.20. The molecule has 7 heteroatoms. The molecule has 0 aromatic carbocycles. The van der Waals surface area contributed by atoms with Crippen molar-refractivity contribution in [2.24, 2.45) is 5.41 Å². The SMILES string of the molecule is COc1cc(N2CCC[C@@]3(CCC(=O)N(C4CC4)C3)C2)nc(N)n1. The van der Waals surface area contributed by atoms with Gasteiger partial charge >= 0.3 is 0 Å². The molecule has 24 heavy (non-hydrogen) atoms. The van der Waals surface area contributed by atoms with Gasteiger partial charge in [-0.25, -0.2) is 0 Å². The quantitative estimate of drug-likeness (QED) is 0.902. The lowest BCUT2D eigenvalue weighted by atomic mass is 9.73. The van der Waals surface area contributed by atoms with Gasteiger partial charge in [0.25, 0.3) is 0 Å². The Labute approximate surface area is 142 Å². The first-order valence-electron chi connectivity index (χ1n) is 8.82. The van der Waals surface area contributed by atoms with Crippen LogP contribution in [0, 0.1) is 5.41 Å².